The summed E-state index contributed by atoms with van der Waals surface area (Å²) in [5, 5.41) is 8.62. The molecule has 44 heavy (non-hydrogen) atoms. The number of likely N-dealkylation sites (N-methyl/N-ethyl adjacent to an activating group) is 2. The van der Waals surface area contributed by atoms with Gasteiger partial charge in [0.1, 0.15) is 17.2 Å². The van der Waals surface area contributed by atoms with E-state index in [4.69, 9.17) is 10.5 Å². The number of anilines is 1. The first-order valence-electron chi connectivity index (χ1n) is 13.8. The zero-order chi connectivity index (χ0) is 32.8. The summed E-state index contributed by atoms with van der Waals surface area (Å²) in [4.78, 5) is 19.1. The molecule has 0 aliphatic heterocycles. The molecule has 0 bridgehead atoms. The number of hydrogen-bond donors (Lipinski definition) is 4. The Morgan fingerprint density at radius 3 is 2.48 bits per heavy atom. The third-order valence-corrected chi connectivity index (χ3v) is 8.41. The smallest absolute Gasteiger partial charge is 0.421 e. The largest absolute Gasteiger partial charge is 0.495 e. The van der Waals surface area contributed by atoms with Crippen LogP contribution in [0.25, 0.3) is 0 Å². The zero-order valence-corrected chi connectivity index (χ0v) is 26.4. The summed E-state index contributed by atoms with van der Waals surface area (Å²) in [6.45, 7) is 2.62. The van der Waals surface area contributed by atoms with Crippen LogP contribution >= 0.6 is 0 Å². The van der Waals surface area contributed by atoms with Gasteiger partial charge in [0.05, 0.1) is 37.3 Å². The van der Waals surface area contributed by atoms with Gasteiger partial charge in [-0.3, -0.25) is 9.79 Å². The molecule has 5 N–H and O–H groups in total. The van der Waals surface area contributed by atoms with Crippen LogP contribution in [0.1, 0.15) is 34.5 Å². The van der Waals surface area contributed by atoms with Crippen LogP contribution in [0.4, 0.5) is 18.9 Å². The number of amidine groups is 1. The number of benzene rings is 2. The second-order valence-electron chi connectivity index (χ2n) is 10.7. The third kappa shape index (κ3) is 8.64. The van der Waals surface area contributed by atoms with Crippen LogP contribution in [-0.2, 0) is 16.4 Å². The lowest BCUT2D eigenvalue weighted by molar-refractivity contribution is -0.0865. The van der Waals surface area contributed by atoms with Crippen LogP contribution < -0.4 is 26.4 Å². The van der Waals surface area contributed by atoms with Crippen LogP contribution in [0.5, 0.6) is 5.75 Å². The van der Waals surface area contributed by atoms with Crippen LogP contribution in [0, 0.1) is 0 Å². The number of halogens is 3. The summed E-state index contributed by atoms with van der Waals surface area (Å²) in [5.74, 6) is -0.539. The zero-order valence-electron chi connectivity index (χ0n) is 25.6. The quantitative estimate of drug-likeness (QED) is 0.158. The highest BCUT2D eigenvalue weighted by molar-refractivity contribution is 7.88. The molecule has 1 aliphatic carbocycles. The molecule has 3 rings (SSSR count). The number of fused-ring (bicyclic) bond motifs is 1. The Kier molecular flexibility index (Phi) is 11.3. The monoisotopic (exact) mass is 639 g/mol. The Balaban J connectivity index is 1.96. The van der Waals surface area contributed by atoms with Gasteiger partial charge in [-0.15, -0.1) is 0 Å². The van der Waals surface area contributed by atoms with Crippen LogP contribution in [-0.4, -0.2) is 95.3 Å². The molecular weight excluding hydrogens is 599 g/mol. The minimum Gasteiger partial charge on any atom is -0.495 e. The molecule has 1 unspecified atom stereocenters. The number of sulfonamides is 1. The van der Waals surface area contributed by atoms with Crippen LogP contribution in [0.15, 0.2) is 59.2 Å². The number of alkyl halides is 3. The molecule has 1 aliphatic rings. The van der Waals surface area contributed by atoms with Gasteiger partial charge in [0.25, 0.3) is 5.91 Å². The van der Waals surface area contributed by atoms with Crippen molar-refractivity contribution >= 4 is 27.5 Å². The fourth-order valence-corrected chi connectivity index (χ4v) is 5.57. The number of aliphatic imine (C=N–C) groups is 1. The Hall–Kier alpha value is -3.82. The first kappa shape index (κ1) is 34.7. The fraction of sp³-hybridized carbons (Fsp3) is 0.448. The number of hydrogen-bond acceptors (Lipinski definition) is 8. The van der Waals surface area contributed by atoms with Gasteiger partial charge in [-0.2, -0.15) is 17.5 Å². The highest BCUT2D eigenvalue weighted by Gasteiger charge is 2.42. The molecule has 242 valence electrons. The lowest BCUT2D eigenvalue weighted by Gasteiger charge is -2.28. The Morgan fingerprint density at radius 1 is 1.20 bits per heavy atom. The van der Waals surface area contributed by atoms with Gasteiger partial charge in [-0.25, -0.2) is 8.42 Å². The van der Waals surface area contributed by atoms with Crippen LogP contribution in [0.2, 0.25) is 0 Å². The normalized spacial score (nSPS) is 18.2. The van der Waals surface area contributed by atoms with Crippen molar-refractivity contribution in [1.29, 1.82) is 0 Å². The molecule has 11 nitrogen and oxygen atoms in total. The molecular formula is C29H40F3N7O4S. The average Bonchev–Trinajstić information content (AvgIpc) is 3.28. The van der Waals surface area contributed by atoms with E-state index in [0.717, 1.165) is 16.1 Å². The number of amides is 1. The summed E-state index contributed by atoms with van der Waals surface area (Å²) < 4.78 is 74.1. The molecule has 1 amide bonds. The van der Waals surface area contributed by atoms with E-state index in [0.29, 0.717) is 41.9 Å². The van der Waals surface area contributed by atoms with Gasteiger partial charge in [0.2, 0.25) is 10.0 Å². The van der Waals surface area contributed by atoms with Crippen molar-refractivity contribution in [3.05, 3.63) is 70.9 Å². The first-order valence-corrected chi connectivity index (χ1v) is 15.6. The molecule has 0 saturated carbocycles. The topological polar surface area (TPSA) is 141 Å². The Labute approximate surface area is 256 Å². The lowest BCUT2D eigenvalue weighted by Crippen LogP contribution is -2.43. The molecule has 0 fully saturated rings. The number of nitrogens with one attached hydrogen (secondary N) is 3. The van der Waals surface area contributed by atoms with Crippen molar-refractivity contribution < 1.29 is 31.1 Å². The Bertz CT molecular complexity index is 1500. The van der Waals surface area contributed by atoms with E-state index < -0.39 is 45.9 Å². The maximum atomic E-state index is 14.2. The fourth-order valence-electron chi connectivity index (χ4n) is 4.90. The predicted octanol–water partition coefficient (Wildman–Crippen LogP) is 2.69. The molecule has 15 heteroatoms. The highest BCUT2D eigenvalue weighted by Crippen LogP contribution is 2.39. The van der Waals surface area contributed by atoms with E-state index in [1.165, 1.54) is 20.2 Å². The van der Waals surface area contributed by atoms with Crippen molar-refractivity contribution in [3.8, 4) is 5.75 Å². The van der Waals surface area contributed by atoms with Crippen molar-refractivity contribution in [3.63, 3.8) is 0 Å². The first-order chi connectivity index (χ1) is 20.6. The minimum atomic E-state index is -4.87. The second kappa shape index (κ2) is 14.3. The number of nitrogens with zero attached hydrogens (tertiary/aromatic N) is 3. The van der Waals surface area contributed by atoms with E-state index in [1.807, 2.05) is 19.0 Å². The third-order valence-electron chi connectivity index (χ3n) is 7.14. The number of nitrogens with two attached hydrogens (primary N) is 1. The van der Waals surface area contributed by atoms with Gasteiger partial charge in [-0.05, 0) is 56.8 Å². The second-order valence-corrected chi connectivity index (χ2v) is 12.8. The van der Waals surface area contributed by atoms with Gasteiger partial charge in [-0.1, -0.05) is 24.3 Å². The summed E-state index contributed by atoms with van der Waals surface area (Å²) in [5.41, 5.74) is 6.36. The maximum Gasteiger partial charge on any atom is 0.421 e. The van der Waals surface area contributed by atoms with E-state index in [2.05, 4.69) is 20.9 Å². The van der Waals surface area contributed by atoms with E-state index in [9.17, 15) is 26.4 Å². The van der Waals surface area contributed by atoms with Gasteiger partial charge in [0.15, 0.2) is 0 Å². The van der Waals surface area contributed by atoms with Crippen molar-refractivity contribution in [2.45, 2.75) is 37.8 Å². The van der Waals surface area contributed by atoms with Crippen LogP contribution in [0.3, 0.4) is 0 Å². The number of carbonyl (C=O) groups is 1. The highest BCUT2D eigenvalue weighted by atomic mass is 32.2. The number of rotatable bonds is 12. The number of ether oxygens (including phenoxy) is 1. The number of carbonyl (C=O) groups excluding carboxylic acids is 1. The molecule has 2 aromatic carbocycles. The van der Waals surface area contributed by atoms with Gasteiger partial charge >= 0.3 is 6.18 Å². The van der Waals surface area contributed by atoms with Gasteiger partial charge in [0, 0.05) is 31.9 Å². The number of methoxy groups -OCH3 is 1. The maximum absolute atomic E-state index is 14.2. The summed E-state index contributed by atoms with van der Waals surface area (Å²) in [6, 6.07) is 10.0. The summed E-state index contributed by atoms with van der Waals surface area (Å²) in [7, 11) is 2.84. The molecule has 0 spiro atoms. The molecule has 2 aromatic rings. The van der Waals surface area contributed by atoms with Crippen molar-refractivity contribution in [2.24, 2.45) is 10.7 Å². The van der Waals surface area contributed by atoms with Gasteiger partial charge < -0.3 is 31.3 Å². The molecule has 0 aromatic heterocycles. The Morgan fingerprint density at radius 2 is 1.89 bits per heavy atom. The molecule has 3 atom stereocenters. The van der Waals surface area contributed by atoms with Crippen molar-refractivity contribution in [1.82, 2.24) is 19.8 Å². The summed E-state index contributed by atoms with van der Waals surface area (Å²) in [6.07, 6.45) is -4.09. The SMILES string of the molecule is COc1ccc(C(=O)NCCN(C)C)cc1NC(C)NC(=N[C@@H]1Cc2ccccc2[C@H]1N(C)S(C)(=O)=O)C(=CN)C(F)(F)F. The lowest BCUT2D eigenvalue weighted by atomic mass is 10.1. The van der Waals surface area contributed by atoms with Crippen molar-refractivity contribution in [2.75, 3.05) is 52.9 Å². The molecule has 0 saturated heterocycles. The predicted molar refractivity (Wildman–Crippen MR) is 165 cm³/mol. The minimum absolute atomic E-state index is 0.211. The molecule has 0 heterocycles. The molecule has 0 radical (unpaired) electrons. The summed E-state index contributed by atoms with van der Waals surface area (Å²) >= 11 is 0. The van der Waals surface area contributed by atoms with E-state index in [-0.39, 0.29) is 12.3 Å². The standard InChI is InChI=1S/C29H40F3N7O4S/c1-18(35-23-16-20(11-12-25(23)43-5)28(40)34-13-14-38(2)3)36-27(22(17-33)29(30,31)32)37-24-15-19-9-7-8-10-21(19)26(24)39(4)44(6,41)42/h7-12,16-18,24,26,35H,13-15,33H2,1-6H3,(H,34,40)(H,36,37)/t18?,24-,26-/m1/s1. The average molecular weight is 640 g/mol. The van der Waals surface area contributed by atoms with E-state index in [1.54, 1.807) is 43.3 Å². The van der Waals surface area contributed by atoms with E-state index >= 15 is 0 Å².